The zero-order valence-corrected chi connectivity index (χ0v) is 14.8. The lowest BCUT2D eigenvalue weighted by Crippen LogP contribution is -2.59. The Balaban J connectivity index is 1.64. The monoisotopic (exact) mass is 354 g/mol. The van der Waals surface area contributed by atoms with Gasteiger partial charge in [-0.15, -0.1) is 0 Å². The van der Waals surface area contributed by atoms with Crippen molar-refractivity contribution < 1.29 is 23.9 Å². The lowest BCUT2D eigenvalue weighted by atomic mass is 9.48. The molecule has 4 aliphatic carbocycles. The van der Waals surface area contributed by atoms with Gasteiger partial charge in [-0.2, -0.15) is 0 Å². The van der Waals surface area contributed by atoms with Crippen molar-refractivity contribution in [2.75, 3.05) is 6.61 Å². The van der Waals surface area contributed by atoms with Gasteiger partial charge in [0.15, 0.2) is 11.6 Å². The SMILES string of the molecule is C[C@@H]1CO[C@@H]2C3=C(C(=O)C=CC3=O)[C@@H]3OC(=O)[C@@H]4CC[C@H]5[C@H]1CC[C@]25[C@@H]43. The highest BCUT2D eigenvalue weighted by atomic mass is 16.6. The van der Waals surface area contributed by atoms with Crippen molar-refractivity contribution in [1.82, 2.24) is 0 Å². The van der Waals surface area contributed by atoms with E-state index in [2.05, 4.69) is 6.92 Å². The zero-order valence-electron chi connectivity index (χ0n) is 14.8. The molecule has 5 heteroatoms. The number of ketones is 2. The van der Waals surface area contributed by atoms with Gasteiger partial charge in [0.25, 0.3) is 0 Å². The lowest BCUT2D eigenvalue weighted by molar-refractivity contribution is -0.143. The molecule has 6 rings (SSSR count). The Bertz CT molecular complexity index is 822. The van der Waals surface area contributed by atoms with E-state index in [-0.39, 0.29) is 40.9 Å². The predicted octanol–water partition coefficient (Wildman–Crippen LogP) is 2.00. The summed E-state index contributed by atoms with van der Waals surface area (Å²) in [6.45, 7) is 2.86. The van der Waals surface area contributed by atoms with E-state index in [1.807, 2.05) is 0 Å². The molecule has 0 amide bonds. The molecule has 2 aliphatic heterocycles. The number of hydrogen-bond acceptors (Lipinski definition) is 5. The van der Waals surface area contributed by atoms with Crippen molar-refractivity contribution in [3.05, 3.63) is 23.3 Å². The molecule has 2 bridgehead atoms. The highest BCUT2D eigenvalue weighted by molar-refractivity contribution is 6.21. The normalized spacial score (nSPS) is 51.1. The molecule has 0 radical (unpaired) electrons. The first-order valence-electron chi connectivity index (χ1n) is 9.87. The number of fused-ring (bicyclic) bond motifs is 2. The van der Waals surface area contributed by atoms with Gasteiger partial charge < -0.3 is 9.47 Å². The van der Waals surface area contributed by atoms with E-state index in [1.165, 1.54) is 12.2 Å². The van der Waals surface area contributed by atoms with Crippen LogP contribution in [0.25, 0.3) is 0 Å². The van der Waals surface area contributed by atoms with Crippen molar-refractivity contribution >= 4 is 17.5 Å². The van der Waals surface area contributed by atoms with Crippen molar-refractivity contribution in [2.45, 2.75) is 44.8 Å². The second-order valence-electron chi connectivity index (χ2n) is 9.07. The number of ether oxygens (including phenoxy) is 2. The van der Waals surface area contributed by atoms with Crippen LogP contribution in [0.1, 0.15) is 32.6 Å². The molecule has 1 spiro atoms. The largest absolute Gasteiger partial charge is 0.457 e. The van der Waals surface area contributed by atoms with Crippen molar-refractivity contribution in [1.29, 1.82) is 0 Å². The lowest BCUT2D eigenvalue weighted by Gasteiger charge is -2.55. The van der Waals surface area contributed by atoms with Crippen molar-refractivity contribution in [2.24, 2.45) is 35.0 Å². The van der Waals surface area contributed by atoms with Crippen LogP contribution >= 0.6 is 0 Å². The third kappa shape index (κ3) is 1.52. The van der Waals surface area contributed by atoms with Gasteiger partial charge in [-0.3, -0.25) is 14.4 Å². The summed E-state index contributed by atoms with van der Waals surface area (Å²) in [5.74, 6) is 0.775. The van der Waals surface area contributed by atoms with E-state index in [9.17, 15) is 14.4 Å². The van der Waals surface area contributed by atoms with Crippen LogP contribution < -0.4 is 0 Å². The average Bonchev–Trinajstić information content (AvgIpc) is 3.13. The summed E-state index contributed by atoms with van der Waals surface area (Å²) in [6, 6.07) is 0. The topological polar surface area (TPSA) is 69.7 Å². The average molecular weight is 354 g/mol. The summed E-state index contributed by atoms with van der Waals surface area (Å²) in [5, 5.41) is 0. The first kappa shape index (κ1) is 15.3. The van der Waals surface area contributed by atoms with Crippen LogP contribution in [0.4, 0.5) is 0 Å². The molecule has 6 aliphatic rings. The van der Waals surface area contributed by atoms with Crippen LogP contribution in [0.5, 0.6) is 0 Å². The minimum Gasteiger partial charge on any atom is -0.457 e. The van der Waals surface area contributed by atoms with Gasteiger partial charge in [0, 0.05) is 22.5 Å². The minimum atomic E-state index is -0.557. The van der Waals surface area contributed by atoms with Gasteiger partial charge in [-0.25, -0.2) is 0 Å². The Labute approximate surface area is 151 Å². The molecule has 0 aromatic carbocycles. The van der Waals surface area contributed by atoms with E-state index in [0.717, 1.165) is 25.7 Å². The molecular weight excluding hydrogens is 332 g/mol. The van der Waals surface area contributed by atoms with Gasteiger partial charge in [-0.05, 0) is 55.6 Å². The smallest absolute Gasteiger partial charge is 0.310 e. The molecule has 26 heavy (non-hydrogen) atoms. The number of hydrogen-bond donors (Lipinski definition) is 0. The first-order valence-corrected chi connectivity index (χ1v) is 9.87. The summed E-state index contributed by atoms with van der Waals surface area (Å²) in [5.41, 5.74) is 0.677. The Morgan fingerprint density at radius 1 is 1.04 bits per heavy atom. The molecule has 0 N–H and O–H groups in total. The highest BCUT2D eigenvalue weighted by Gasteiger charge is 2.72. The molecule has 2 saturated heterocycles. The van der Waals surface area contributed by atoms with Gasteiger partial charge >= 0.3 is 5.97 Å². The maximum atomic E-state index is 12.9. The van der Waals surface area contributed by atoms with Gasteiger partial charge in [0.2, 0.25) is 0 Å². The van der Waals surface area contributed by atoms with Crippen LogP contribution in [-0.2, 0) is 23.9 Å². The maximum absolute atomic E-state index is 12.9. The van der Waals surface area contributed by atoms with Crippen LogP contribution in [0.3, 0.4) is 0 Å². The van der Waals surface area contributed by atoms with Gasteiger partial charge in [-0.1, -0.05) is 6.92 Å². The fraction of sp³-hybridized carbons (Fsp3) is 0.667. The maximum Gasteiger partial charge on any atom is 0.310 e. The van der Waals surface area contributed by atoms with Crippen LogP contribution in [0.15, 0.2) is 23.3 Å². The van der Waals surface area contributed by atoms with E-state index in [4.69, 9.17) is 9.47 Å². The molecule has 5 nitrogen and oxygen atoms in total. The molecule has 136 valence electrons. The molecule has 2 saturated carbocycles. The molecular formula is C21H22O5. The Morgan fingerprint density at radius 3 is 2.62 bits per heavy atom. The molecule has 4 fully saturated rings. The van der Waals surface area contributed by atoms with Gasteiger partial charge in [0.05, 0.1) is 18.6 Å². The highest BCUT2D eigenvalue weighted by Crippen LogP contribution is 2.70. The van der Waals surface area contributed by atoms with E-state index in [0.29, 0.717) is 35.5 Å². The molecule has 0 aromatic heterocycles. The van der Waals surface area contributed by atoms with E-state index >= 15 is 0 Å². The third-order valence-corrected chi connectivity index (χ3v) is 8.33. The van der Waals surface area contributed by atoms with Crippen molar-refractivity contribution in [3.63, 3.8) is 0 Å². The Kier molecular flexibility index (Phi) is 2.80. The molecule has 2 heterocycles. The minimum absolute atomic E-state index is 0.0175. The summed E-state index contributed by atoms with van der Waals surface area (Å²) >= 11 is 0. The fourth-order valence-corrected chi connectivity index (χ4v) is 7.51. The number of rotatable bonds is 0. The standard InChI is InChI=1S/C21H22O5/c1-9-8-25-19-16-14(23)5-4-13(22)15(16)18-17-11(20(24)26-18)2-3-12-10(9)6-7-21(12,17)19/h4-5,9-12,17-19H,2-3,6-8H2,1H3/t9-,10+,11-,12+,17+,18+,19-,21+/m1/s1. The predicted molar refractivity (Wildman–Crippen MR) is 89.8 cm³/mol. The molecule has 0 unspecified atom stereocenters. The summed E-state index contributed by atoms with van der Waals surface area (Å²) in [6.07, 6.45) is 5.70. The Morgan fingerprint density at radius 2 is 1.81 bits per heavy atom. The van der Waals surface area contributed by atoms with Crippen molar-refractivity contribution in [3.8, 4) is 0 Å². The van der Waals surface area contributed by atoms with Crippen LogP contribution in [0, 0.1) is 35.0 Å². The molecule has 0 aromatic rings. The number of carbonyl (C=O) groups excluding carboxylic acids is 3. The number of carbonyl (C=O) groups is 3. The summed E-state index contributed by atoms with van der Waals surface area (Å²) < 4.78 is 12.2. The summed E-state index contributed by atoms with van der Waals surface area (Å²) in [7, 11) is 0. The van der Waals surface area contributed by atoms with Crippen LogP contribution in [0.2, 0.25) is 0 Å². The van der Waals surface area contributed by atoms with Gasteiger partial charge in [0.1, 0.15) is 6.10 Å². The Hall–Kier alpha value is -1.75. The number of esters is 1. The first-order chi connectivity index (χ1) is 12.5. The zero-order chi connectivity index (χ0) is 17.8. The van der Waals surface area contributed by atoms with Crippen LogP contribution in [-0.4, -0.2) is 36.4 Å². The quantitative estimate of drug-likeness (QED) is 0.492. The summed E-state index contributed by atoms with van der Waals surface area (Å²) in [4.78, 5) is 38.2. The second kappa shape index (κ2) is 4.75. The second-order valence-corrected chi connectivity index (χ2v) is 9.07. The van der Waals surface area contributed by atoms with E-state index in [1.54, 1.807) is 0 Å². The number of allylic oxidation sites excluding steroid dienone is 2. The fourth-order valence-electron chi connectivity index (χ4n) is 7.51. The molecule has 8 atom stereocenters. The van der Waals surface area contributed by atoms with E-state index < -0.39 is 6.10 Å². The third-order valence-electron chi connectivity index (χ3n) is 8.33.